The van der Waals surface area contributed by atoms with Crippen LogP contribution < -0.4 is 10.1 Å². The predicted octanol–water partition coefficient (Wildman–Crippen LogP) is 6.97. The Bertz CT molecular complexity index is 1590. The summed E-state index contributed by atoms with van der Waals surface area (Å²) in [6.45, 7) is -1.78. The highest BCUT2D eigenvalue weighted by atomic mass is 19.4. The van der Waals surface area contributed by atoms with E-state index in [0.717, 1.165) is 17.6 Å². The van der Waals surface area contributed by atoms with Crippen LogP contribution in [0.1, 0.15) is 11.3 Å². The number of hydrogen-bond donors (Lipinski definition) is 2. The van der Waals surface area contributed by atoms with Gasteiger partial charge in [0.25, 0.3) is 0 Å². The number of aryl methyl sites for hydroxylation is 1. The molecule has 0 saturated carbocycles. The van der Waals surface area contributed by atoms with Crippen LogP contribution in [0.2, 0.25) is 0 Å². The van der Waals surface area contributed by atoms with E-state index in [4.69, 9.17) is 4.74 Å². The summed E-state index contributed by atoms with van der Waals surface area (Å²) in [6.07, 6.45) is -2.48. The number of aromatic amines is 1. The number of fused-ring (bicyclic) bond motifs is 1. The van der Waals surface area contributed by atoms with Crippen LogP contribution in [-0.2, 0) is 19.1 Å². The molecule has 0 atom stereocenters. The lowest BCUT2D eigenvalue weighted by Gasteiger charge is -2.13. The number of H-pyrrole nitrogens is 1. The quantitative estimate of drug-likeness (QED) is 0.221. The molecule has 3 aromatic heterocycles. The minimum atomic E-state index is -4.56. The van der Waals surface area contributed by atoms with Crippen molar-refractivity contribution in [3.63, 3.8) is 0 Å². The van der Waals surface area contributed by atoms with Gasteiger partial charge in [-0.3, -0.25) is 4.98 Å². The maximum absolute atomic E-state index is 13.5. The van der Waals surface area contributed by atoms with Crippen molar-refractivity contribution in [1.82, 2.24) is 24.5 Å². The number of aromatic nitrogens is 5. The lowest BCUT2D eigenvalue weighted by atomic mass is 10.1. The Labute approximate surface area is 211 Å². The van der Waals surface area contributed by atoms with Gasteiger partial charge >= 0.3 is 12.1 Å². The molecule has 2 aromatic carbocycles. The number of hydrogen-bond acceptors (Lipinski definition) is 5. The Morgan fingerprint density at radius 2 is 1.68 bits per heavy atom. The van der Waals surface area contributed by atoms with Crippen molar-refractivity contribution in [3.05, 3.63) is 78.2 Å². The largest absolute Gasteiger partial charge is 0.457 e. The number of alkyl halides is 6. The standard InChI is InChI=1S/C25H18F6N6O/c1-37-20-7-6-16(38-17-8-9-32-19(11-17)22-33-12-21(36-22)25(29,30)31)10-18(20)35-23(37)34-15-4-2-14(3-5-15)24(27,28)13-26/h2-12H,13H2,1H3,(H,33,36)(H,34,35). The highest BCUT2D eigenvalue weighted by molar-refractivity contribution is 5.81. The van der Waals surface area contributed by atoms with Crippen LogP contribution in [0.25, 0.3) is 22.6 Å². The van der Waals surface area contributed by atoms with E-state index in [1.165, 1.54) is 24.4 Å². The molecule has 0 fully saturated rings. The summed E-state index contributed by atoms with van der Waals surface area (Å²) in [7, 11) is 1.76. The lowest BCUT2D eigenvalue weighted by molar-refractivity contribution is -0.140. The van der Waals surface area contributed by atoms with Gasteiger partial charge in [-0.1, -0.05) is 12.1 Å². The average Bonchev–Trinajstić information content (AvgIpc) is 3.50. The Balaban J connectivity index is 1.35. The third-order valence-corrected chi connectivity index (χ3v) is 5.67. The monoisotopic (exact) mass is 532 g/mol. The van der Waals surface area contributed by atoms with Crippen LogP contribution in [0.3, 0.4) is 0 Å². The fourth-order valence-corrected chi connectivity index (χ4v) is 3.69. The number of ether oxygens (including phenoxy) is 1. The van der Waals surface area contributed by atoms with Crippen molar-refractivity contribution in [2.24, 2.45) is 7.05 Å². The zero-order valence-electron chi connectivity index (χ0n) is 19.5. The Morgan fingerprint density at radius 3 is 2.37 bits per heavy atom. The molecule has 3 heterocycles. The van der Waals surface area contributed by atoms with E-state index in [2.05, 4.69) is 25.3 Å². The Kier molecular flexibility index (Phi) is 6.21. The first kappa shape index (κ1) is 25.1. The number of pyridine rings is 1. The average molecular weight is 532 g/mol. The van der Waals surface area contributed by atoms with E-state index in [-0.39, 0.29) is 11.5 Å². The van der Waals surface area contributed by atoms with Gasteiger partial charge in [0.1, 0.15) is 22.9 Å². The zero-order chi connectivity index (χ0) is 27.1. The second-order valence-electron chi connectivity index (χ2n) is 8.31. The Hall–Kier alpha value is -4.55. The maximum Gasteiger partial charge on any atom is 0.432 e. The number of anilines is 2. The molecule has 0 saturated heterocycles. The molecular weight excluding hydrogens is 514 g/mol. The van der Waals surface area contributed by atoms with Gasteiger partial charge in [0, 0.05) is 36.6 Å². The SMILES string of the molecule is Cn1c(Nc2ccc(C(F)(F)CF)cc2)nc2cc(Oc3ccnc(-c4ncc(C(F)(F)F)[nH]4)c3)ccc21. The molecule has 0 bridgehead atoms. The molecular formula is C25H18F6N6O. The Morgan fingerprint density at radius 1 is 0.947 bits per heavy atom. The van der Waals surface area contributed by atoms with E-state index in [1.807, 2.05) is 0 Å². The third-order valence-electron chi connectivity index (χ3n) is 5.67. The van der Waals surface area contributed by atoms with Gasteiger partial charge in [-0.2, -0.15) is 22.0 Å². The minimum Gasteiger partial charge on any atom is -0.457 e. The van der Waals surface area contributed by atoms with E-state index < -0.39 is 30.0 Å². The fraction of sp³-hybridized carbons (Fsp3) is 0.160. The van der Waals surface area contributed by atoms with Gasteiger partial charge in [-0.05, 0) is 30.3 Å². The lowest BCUT2D eigenvalue weighted by Crippen LogP contribution is -2.15. The number of imidazole rings is 2. The number of rotatable bonds is 7. The van der Waals surface area contributed by atoms with Crippen molar-refractivity contribution < 1.29 is 31.1 Å². The van der Waals surface area contributed by atoms with Crippen molar-refractivity contribution in [1.29, 1.82) is 0 Å². The fourth-order valence-electron chi connectivity index (χ4n) is 3.69. The molecule has 5 aromatic rings. The summed E-state index contributed by atoms with van der Waals surface area (Å²) in [5.74, 6) is -2.45. The van der Waals surface area contributed by atoms with Crippen LogP contribution >= 0.6 is 0 Å². The smallest absolute Gasteiger partial charge is 0.432 e. The first-order chi connectivity index (χ1) is 18.0. The van der Waals surface area contributed by atoms with Crippen LogP contribution in [0, 0.1) is 0 Å². The molecule has 2 N–H and O–H groups in total. The number of halogens is 6. The van der Waals surface area contributed by atoms with E-state index in [9.17, 15) is 26.3 Å². The molecule has 0 amide bonds. The molecule has 0 aliphatic carbocycles. The second-order valence-corrected chi connectivity index (χ2v) is 8.31. The van der Waals surface area contributed by atoms with Crippen LogP contribution in [-0.4, -0.2) is 31.2 Å². The van der Waals surface area contributed by atoms with Gasteiger partial charge in [0.2, 0.25) is 5.95 Å². The zero-order valence-corrected chi connectivity index (χ0v) is 19.5. The number of nitrogens with zero attached hydrogens (tertiary/aromatic N) is 4. The van der Waals surface area contributed by atoms with Crippen LogP contribution in [0.15, 0.2) is 67.0 Å². The van der Waals surface area contributed by atoms with Crippen molar-refractivity contribution in [2.75, 3.05) is 12.0 Å². The summed E-state index contributed by atoms with van der Waals surface area (Å²) in [5.41, 5.74) is 0.533. The summed E-state index contributed by atoms with van der Waals surface area (Å²) in [6, 6.07) is 13.2. The van der Waals surface area contributed by atoms with Gasteiger partial charge in [-0.15, -0.1) is 0 Å². The van der Waals surface area contributed by atoms with E-state index >= 15 is 0 Å². The predicted molar refractivity (Wildman–Crippen MR) is 127 cm³/mol. The molecule has 0 radical (unpaired) electrons. The van der Waals surface area contributed by atoms with E-state index in [0.29, 0.717) is 34.8 Å². The molecule has 38 heavy (non-hydrogen) atoms. The summed E-state index contributed by atoms with van der Waals surface area (Å²) in [5, 5.41) is 3.04. The molecule has 7 nitrogen and oxygen atoms in total. The van der Waals surface area contributed by atoms with Gasteiger partial charge in [0.15, 0.2) is 12.5 Å². The first-order valence-electron chi connectivity index (χ1n) is 11.1. The molecule has 0 unspecified atom stereocenters. The highest BCUT2D eigenvalue weighted by Gasteiger charge is 2.33. The molecule has 196 valence electrons. The molecule has 13 heteroatoms. The topological polar surface area (TPSA) is 80.7 Å². The van der Waals surface area contributed by atoms with Crippen LogP contribution in [0.5, 0.6) is 11.5 Å². The summed E-state index contributed by atoms with van der Waals surface area (Å²) < 4.78 is 85.8. The molecule has 0 aliphatic heterocycles. The summed E-state index contributed by atoms with van der Waals surface area (Å²) in [4.78, 5) is 14.5. The highest BCUT2D eigenvalue weighted by Crippen LogP contribution is 2.32. The first-order valence-corrected chi connectivity index (χ1v) is 11.1. The van der Waals surface area contributed by atoms with Crippen molar-refractivity contribution >= 4 is 22.7 Å². The number of nitrogens with one attached hydrogen (secondary N) is 2. The third kappa shape index (κ3) is 4.99. The second kappa shape index (κ2) is 9.39. The van der Waals surface area contributed by atoms with Crippen molar-refractivity contribution in [2.45, 2.75) is 12.1 Å². The normalized spacial score (nSPS) is 12.2. The van der Waals surface area contributed by atoms with Gasteiger partial charge in [-0.25, -0.2) is 14.4 Å². The van der Waals surface area contributed by atoms with Gasteiger partial charge < -0.3 is 19.6 Å². The van der Waals surface area contributed by atoms with E-state index in [1.54, 1.807) is 35.9 Å². The maximum atomic E-state index is 13.5. The molecule has 5 rings (SSSR count). The van der Waals surface area contributed by atoms with Crippen molar-refractivity contribution in [3.8, 4) is 23.0 Å². The molecule has 0 aliphatic rings. The van der Waals surface area contributed by atoms with Crippen LogP contribution in [0.4, 0.5) is 38.0 Å². The number of benzene rings is 2. The molecule has 0 spiro atoms. The summed E-state index contributed by atoms with van der Waals surface area (Å²) >= 11 is 0. The minimum absolute atomic E-state index is 0.0554. The van der Waals surface area contributed by atoms with Gasteiger partial charge in [0.05, 0.1) is 17.2 Å².